The summed E-state index contributed by atoms with van der Waals surface area (Å²) in [5.74, 6) is 0. The molecule has 0 atom stereocenters. The highest BCUT2D eigenvalue weighted by atomic mass is 16.6. The number of carbonyl (C=O) groups excluding carboxylic acids is 1. The largest absolute Gasteiger partial charge is 0.449 e. The highest BCUT2D eigenvalue weighted by Gasteiger charge is 2.20. The number of hydrogen-bond donors (Lipinski definition) is 1. The molecule has 0 bridgehead atoms. The van der Waals surface area contributed by atoms with Gasteiger partial charge in [-0.1, -0.05) is 19.4 Å². The zero-order chi connectivity index (χ0) is 15.1. The average molecular weight is 291 g/mol. The number of anilines is 2. The predicted molar refractivity (Wildman–Crippen MR) is 85.5 cm³/mol. The Hall–Kier alpha value is -1.91. The Morgan fingerprint density at radius 2 is 2.14 bits per heavy atom. The molecule has 1 aromatic carbocycles. The molecule has 1 aromatic rings. The first kappa shape index (κ1) is 15.5. The topological polar surface area (TPSA) is 58.8 Å². The van der Waals surface area contributed by atoms with Gasteiger partial charge in [0.15, 0.2) is 0 Å². The molecule has 0 aromatic heterocycles. The van der Waals surface area contributed by atoms with Crippen molar-refractivity contribution in [3.63, 3.8) is 0 Å². The van der Waals surface area contributed by atoms with E-state index >= 15 is 0 Å². The van der Waals surface area contributed by atoms with Gasteiger partial charge in [-0.25, -0.2) is 4.79 Å². The highest BCUT2D eigenvalue weighted by molar-refractivity contribution is 5.68. The number of nitrogens with two attached hydrogens (primary N) is 1. The van der Waals surface area contributed by atoms with Crippen molar-refractivity contribution >= 4 is 17.5 Å². The van der Waals surface area contributed by atoms with Gasteiger partial charge in [-0.2, -0.15) is 0 Å². The van der Waals surface area contributed by atoms with E-state index in [1.165, 1.54) is 0 Å². The fourth-order valence-electron chi connectivity index (χ4n) is 2.47. The zero-order valence-corrected chi connectivity index (χ0v) is 12.8. The van der Waals surface area contributed by atoms with Crippen molar-refractivity contribution < 1.29 is 9.53 Å². The molecule has 1 aliphatic heterocycles. The fraction of sp³-hybridized carbons (Fsp3) is 0.562. The van der Waals surface area contributed by atoms with Crippen LogP contribution < -0.4 is 10.6 Å². The first-order valence-corrected chi connectivity index (χ1v) is 7.73. The minimum absolute atomic E-state index is 0.183. The van der Waals surface area contributed by atoms with Crippen LogP contribution in [-0.4, -0.2) is 43.8 Å². The van der Waals surface area contributed by atoms with Gasteiger partial charge in [-0.05, 0) is 31.0 Å². The van der Waals surface area contributed by atoms with Gasteiger partial charge in [0.2, 0.25) is 0 Å². The van der Waals surface area contributed by atoms with Gasteiger partial charge in [0.05, 0.1) is 6.61 Å². The summed E-state index contributed by atoms with van der Waals surface area (Å²) in [5, 5.41) is 0. The SMILES string of the molecule is CCCCOC(=O)N1CCCN(c2cccc(N)c2)CC1. The van der Waals surface area contributed by atoms with E-state index in [9.17, 15) is 4.79 Å². The normalized spacial score (nSPS) is 15.7. The van der Waals surface area contributed by atoms with Crippen molar-refractivity contribution in [2.24, 2.45) is 0 Å². The number of unbranched alkanes of at least 4 members (excludes halogenated alkanes) is 1. The summed E-state index contributed by atoms with van der Waals surface area (Å²) >= 11 is 0. The lowest BCUT2D eigenvalue weighted by atomic mass is 10.2. The predicted octanol–water partition coefficient (Wildman–Crippen LogP) is 2.72. The number of carbonyl (C=O) groups is 1. The van der Waals surface area contributed by atoms with Crippen LogP contribution in [0.5, 0.6) is 0 Å². The van der Waals surface area contributed by atoms with Gasteiger partial charge in [0, 0.05) is 37.6 Å². The molecule has 0 spiro atoms. The van der Waals surface area contributed by atoms with Crippen molar-refractivity contribution in [3.05, 3.63) is 24.3 Å². The maximum Gasteiger partial charge on any atom is 0.409 e. The Morgan fingerprint density at radius 3 is 2.90 bits per heavy atom. The van der Waals surface area contributed by atoms with E-state index in [1.807, 2.05) is 23.1 Å². The van der Waals surface area contributed by atoms with E-state index in [2.05, 4.69) is 17.9 Å². The summed E-state index contributed by atoms with van der Waals surface area (Å²) in [6.07, 6.45) is 2.72. The summed E-state index contributed by atoms with van der Waals surface area (Å²) in [6.45, 7) is 5.80. The van der Waals surface area contributed by atoms with Gasteiger partial charge in [0.1, 0.15) is 0 Å². The number of nitrogens with zero attached hydrogens (tertiary/aromatic N) is 2. The van der Waals surface area contributed by atoms with E-state index in [4.69, 9.17) is 10.5 Å². The molecule has 2 rings (SSSR count). The minimum Gasteiger partial charge on any atom is -0.449 e. The number of amides is 1. The third kappa shape index (κ3) is 4.55. The van der Waals surface area contributed by atoms with Crippen LogP contribution in [0.2, 0.25) is 0 Å². The quantitative estimate of drug-likeness (QED) is 0.684. The molecule has 0 radical (unpaired) electrons. The zero-order valence-electron chi connectivity index (χ0n) is 12.8. The summed E-state index contributed by atoms with van der Waals surface area (Å²) in [7, 11) is 0. The average Bonchev–Trinajstić information content (AvgIpc) is 2.73. The maximum absolute atomic E-state index is 12.0. The van der Waals surface area contributed by atoms with E-state index < -0.39 is 0 Å². The Kier molecular flexibility index (Phi) is 5.72. The number of nitrogen functional groups attached to an aromatic ring is 1. The van der Waals surface area contributed by atoms with E-state index in [1.54, 1.807) is 0 Å². The first-order valence-electron chi connectivity index (χ1n) is 7.73. The highest BCUT2D eigenvalue weighted by Crippen LogP contribution is 2.19. The molecule has 1 amide bonds. The molecular formula is C16H25N3O2. The van der Waals surface area contributed by atoms with Crippen molar-refractivity contribution in [1.82, 2.24) is 4.90 Å². The maximum atomic E-state index is 12.0. The van der Waals surface area contributed by atoms with Gasteiger partial charge < -0.3 is 20.3 Å². The number of hydrogen-bond acceptors (Lipinski definition) is 4. The third-order valence-corrected chi connectivity index (χ3v) is 3.71. The molecule has 2 N–H and O–H groups in total. The van der Waals surface area contributed by atoms with Crippen molar-refractivity contribution in [2.75, 3.05) is 43.4 Å². The molecule has 0 saturated carbocycles. The van der Waals surface area contributed by atoms with Crippen molar-refractivity contribution in [1.29, 1.82) is 0 Å². The lowest BCUT2D eigenvalue weighted by Gasteiger charge is -2.23. The number of rotatable bonds is 4. The second-order valence-electron chi connectivity index (χ2n) is 5.39. The van der Waals surface area contributed by atoms with Gasteiger partial charge in [-0.15, -0.1) is 0 Å². The smallest absolute Gasteiger partial charge is 0.409 e. The Bertz CT molecular complexity index is 465. The molecule has 5 nitrogen and oxygen atoms in total. The second-order valence-corrected chi connectivity index (χ2v) is 5.39. The van der Waals surface area contributed by atoms with Crippen LogP contribution in [0.3, 0.4) is 0 Å². The second kappa shape index (κ2) is 7.76. The molecule has 116 valence electrons. The number of benzene rings is 1. The molecule has 1 heterocycles. The molecule has 5 heteroatoms. The lowest BCUT2D eigenvalue weighted by Crippen LogP contribution is -2.35. The molecule has 0 unspecified atom stereocenters. The Balaban J connectivity index is 1.88. The molecule has 1 aliphatic rings. The molecule has 21 heavy (non-hydrogen) atoms. The Morgan fingerprint density at radius 1 is 1.29 bits per heavy atom. The summed E-state index contributed by atoms with van der Waals surface area (Å²) in [5.41, 5.74) is 7.73. The lowest BCUT2D eigenvalue weighted by molar-refractivity contribution is 0.103. The van der Waals surface area contributed by atoms with Gasteiger partial charge in [-0.3, -0.25) is 0 Å². The first-order chi connectivity index (χ1) is 10.2. The summed E-state index contributed by atoms with van der Waals surface area (Å²) < 4.78 is 5.29. The standard InChI is InChI=1S/C16H25N3O2/c1-2-3-12-21-16(20)19-9-5-8-18(10-11-19)15-7-4-6-14(17)13-15/h4,6-7,13H,2-3,5,8-12,17H2,1H3. The van der Waals surface area contributed by atoms with Crippen LogP contribution >= 0.6 is 0 Å². The van der Waals surface area contributed by atoms with Gasteiger partial charge >= 0.3 is 6.09 Å². The summed E-state index contributed by atoms with van der Waals surface area (Å²) in [4.78, 5) is 16.1. The monoisotopic (exact) mass is 291 g/mol. The minimum atomic E-state index is -0.183. The fourth-order valence-corrected chi connectivity index (χ4v) is 2.47. The van der Waals surface area contributed by atoms with Gasteiger partial charge in [0.25, 0.3) is 0 Å². The molecule has 0 aliphatic carbocycles. The van der Waals surface area contributed by atoms with E-state index in [0.717, 1.165) is 50.3 Å². The van der Waals surface area contributed by atoms with Crippen LogP contribution in [0.15, 0.2) is 24.3 Å². The molecular weight excluding hydrogens is 266 g/mol. The van der Waals surface area contributed by atoms with Crippen LogP contribution in [-0.2, 0) is 4.74 Å². The van der Waals surface area contributed by atoms with Crippen molar-refractivity contribution in [2.45, 2.75) is 26.2 Å². The number of ether oxygens (including phenoxy) is 1. The molecule has 1 fully saturated rings. The van der Waals surface area contributed by atoms with E-state index in [-0.39, 0.29) is 6.09 Å². The molecule has 1 saturated heterocycles. The third-order valence-electron chi connectivity index (χ3n) is 3.71. The van der Waals surface area contributed by atoms with Crippen LogP contribution in [0.1, 0.15) is 26.2 Å². The Labute approximate surface area is 126 Å². The van der Waals surface area contributed by atoms with Crippen molar-refractivity contribution in [3.8, 4) is 0 Å². The summed E-state index contributed by atoms with van der Waals surface area (Å²) in [6, 6.07) is 7.89. The van der Waals surface area contributed by atoms with Crippen LogP contribution in [0.4, 0.5) is 16.2 Å². The van der Waals surface area contributed by atoms with Crippen LogP contribution in [0.25, 0.3) is 0 Å². The van der Waals surface area contributed by atoms with Crippen LogP contribution in [0, 0.1) is 0 Å². The van der Waals surface area contributed by atoms with E-state index in [0.29, 0.717) is 13.2 Å².